The van der Waals surface area contributed by atoms with Crippen LogP contribution in [0.3, 0.4) is 0 Å². The zero-order valence-electron chi connectivity index (χ0n) is 10.5. The van der Waals surface area contributed by atoms with Crippen molar-refractivity contribution >= 4 is 6.09 Å². The maximum Gasteiger partial charge on any atom is 0.421 e. The first-order valence-corrected chi connectivity index (χ1v) is 6.43. The van der Waals surface area contributed by atoms with Crippen molar-refractivity contribution in [2.24, 2.45) is 5.84 Å². The van der Waals surface area contributed by atoms with E-state index in [1.807, 2.05) is 0 Å². The summed E-state index contributed by atoms with van der Waals surface area (Å²) >= 11 is 0. The quantitative estimate of drug-likeness (QED) is 0.262. The second-order valence-electron chi connectivity index (χ2n) is 4.30. The van der Waals surface area contributed by atoms with Crippen LogP contribution in [0.1, 0.15) is 64.7 Å². The van der Waals surface area contributed by atoms with Crippen LogP contribution in [0.5, 0.6) is 0 Å². The summed E-state index contributed by atoms with van der Waals surface area (Å²) in [7, 11) is 0. The fourth-order valence-electron chi connectivity index (χ4n) is 1.69. The number of unbranched alkanes of at least 4 members (excludes halogenated alkanes) is 8. The van der Waals surface area contributed by atoms with Gasteiger partial charge in [-0.25, -0.2) is 15.6 Å². The molecule has 0 heterocycles. The van der Waals surface area contributed by atoms with Gasteiger partial charge in [-0.3, -0.25) is 0 Å². The predicted octanol–water partition coefficient (Wildman–Crippen LogP) is 3.37. The molecular weight excluding hydrogens is 204 g/mol. The first-order chi connectivity index (χ1) is 7.68. The number of hydrazine groups is 1. The first kappa shape index (κ1) is 15.2. The Morgan fingerprint density at radius 2 is 1.44 bits per heavy atom. The Morgan fingerprint density at radius 1 is 1.00 bits per heavy atom. The highest BCUT2D eigenvalue weighted by Gasteiger charge is 2.04. The van der Waals surface area contributed by atoms with Crippen molar-refractivity contribution in [1.82, 2.24) is 5.01 Å². The van der Waals surface area contributed by atoms with Gasteiger partial charge in [0.1, 0.15) is 0 Å². The van der Waals surface area contributed by atoms with Gasteiger partial charge in [-0.05, 0) is 6.42 Å². The van der Waals surface area contributed by atoms with Crippen LogP contribution in [0.25, 0.3) is 0 Å². The fraction of sp³-hybridized carbons (Fsp3) is 0.917. The van der Waals surface area contributed by atoms with Gasteiger partial charge in [0.2, 0.25) is 0 Å². The Hall–Kier alpha value is -0.770. The summed E-state index contributed by atoms with van der Waals surface area (Å²) in [5.41, 5.74) is 0. The van der Waals surface area contributed by atoms with Crippen LogP contribution < -0.4 is 5.84 Å². The summed E-state index contributed by atoms with van der Waals surface area (Å²) in [6.07, 6.45) is 10.0. The maximum absolute atomic E-state index is 10.4. The van der Waals surface area contributed by atoms with Crippen LogP contribution >= 0.6 is 0 Å². The van der Waals surface area contributed by atoms with Gasteiger partial charge < -0.3 is 5.11 Å². The second kappa shape index (κ2) is 10.7. The molecule has 0 aliphatic carbocycles. The van der Waals surface area contributed by atoms with Crippen molar-refractivity contribution < 1.29 is 9.90 Å². The van der Waals surface area contributed by atoms with E-state index < -0.39 is 6.09 Å². The average molecular weight is 230 g/mol. The average Bonchev–Trinajstić information content (AvgIpc) is 2.26. The number of rotatable bonds is 10. The van der Waals surface area contributed by atoms with Crippen LogP contribution in [-0.4, -0.2) is 22.8 Å². The number of carbonyl (C=O) groups is 1. The normalized spacial score (nSPS) is 10.4. The lowest BCUT2D eigenvalue weighted by molar-refractivity contribution is 0.145. The summed E-state index contributed by atoms with van der Waals surface area (Å²) in [5.74, 6) is 5.25. The summed E-state index contributed by atoms with van der Waals surface area (Å²) in [6.45, 7) is 2.67. The third kappa shape index (κ3) is 9.77. The Bertz CT molecular complexity index is 174. The standard InChI is InChI=1S/C12H26N2O2/c1-2-3-4-5-6-7-8-9-10-11-14(13)12(15)16/h2-11,13H2,1H3,(H,15,16). The van der Waals surface area contributed by atoms with E-state index in [4.69, 9.17) is 10.9 Å². The monoisotopic (exact) mass is 230 g/mol. The number of hydrogen-bond donors (Lipinski definition) is 2. The van der Waals surface area contributed by atoms with E-state index in [1.165, 1.54) is 44.9 Å². The van der Waals surface area contributed by atoms with Crippen molar-refractivity contribution in [3.8, 4) is 0 Å². The fourth-order valence-corrected chi connectivity index (χ4v) is 1.69. The smallest absolute Gasteiger partial charge is 0.421 e. The lowest BCUT2D eigenvalue weighted by Gasteiger charge is -2.11. The SMILES string of the molecule is CCCCCCCCCCCN(N)C(=O)O. The number of carboxylic acid groups (broad SMARTS) is 1. The molecule has 0 aliphatic rings. The van der Waals surface area contributed by atoms with Crippen molar-refractivity contribution in [2.45, 2.75) is 64.7 Å². The van der Waals surface area contributed by atoms with Crippen molar-refractivity contribution in [3.63, 3.8) is 0 Å². The zero-order valence-corrected chi connectivity index (χ0v) is 10.5. The van der Waals surface area contributed by atoms with Gasteiger partial charge >= 0.3 is 6.09 Å². The molecule has 4 nitrogen and oxygen atoms in total. The minimum absolute atomic E-state index is 0.450. The largest absolute Gasteiger partial charge is 0.464 e. The minimum Gasteiger partial charge on any atom is -0.464 e. The van der Waals surface area contributed by atoms with Gasteiger partial charge in [-0.15, -0.1) is 0 Å². The molecule has 4 heteroatoms. The van der Waals surface area contributed by atoms with Gasteiger partial charge in [0.15, 0.2) is 0 Å². The lowest BCUT2D eigenvalue weighted by atomic mass is 10.1. The molecule has 0 fully saturated rings. The minimum atomic E-state index is -1.04. The topological polar surface area (TPSA) is 66.6 Å². The Kier molecular flexibility index (Phi) is 10.2. The molecule has 0 bridgehead atoms. The van der Waals surface area contributed by atoms with E-state index in [0.717, 1.165) is 17.9 Å². The van der Waals surface area contributed by atoms with Crippen molar-refractivity contribution in [1.29, 1.82) is 0 Å². The third-order valence-electron chi connectivity index (χ3n) is 2.75. The lowest BCUT2D eigenvalue weighted by Crippen LogP contribution is -2.36. The van der Waals surface area contributed by atoms with Gasteiger partial charge in [0.25, 0.3) is 0 Å². The second-order valence-corrected chi connectivity index (χ2v) is 4.30. The molecule has 1 amide bonds. The molecule has 96 valence electrons. The number of hydrogen-bond acceptors (Lipinski definition) is 2. The van der Waals surface area contributed by atoms with Crippen LogP contribution in [0, 0.1) is 0 Å². The van der Waals surface area contributed by atoms with Crippen molar-refractivity contribution in [2.75, 3.05) is 6.54 Å². The molecule has 0 saturated heterocycles. The summed E-state index contributed by atoms with van der Waals surface area (Å²) in [4.78, 5) is 10.4. The van der Waals surface area contributed by atoms with Gasteiger partial charge in [-0.2, -0.15) is 0 Å². The van der Waals surface area contributed by atoms with Crippen LogP contribution in [-0.2, 0) is 0 Å². The van der Waals surface area contributed by atoms with Gasteiger partial charge in [0.05, 0.1) is 0 Å². The molecule has 0 spiro atoms. The molecule has 0 saturated carbocycles. The molecule has 0 radical (unpaired) electrons. The molecular formula is C12H26N2O2. The van der Waals surface area contributed by atoms with Crippen molar-refractivity contribution in [3.05, 3.63) is 0 Å². The van der Waals surface area contributed by atoms with E-state index in [1.54, 1.807) is 0 Å². The van der Waals surface area contributed by atoms with Gasteiger partial charge in [0, 0.05) is 6.54 Å². The van der Waals surface area contributed by atoms with E-state index in [-0.39, 0.29) is 0 Å². The molecule has 0 aromatic carbocycles. The van der Waals surface area contributed by atoms with E-state index in [0.29, 0.717) is 6.54 Å². The molecule has 0 aromatic heterocycles. The zero-order chi connectivity index (χ0) is 12.2. The Balaban J connectivity index is 3.07. The third-order valence-corrected chi connectivity index (χ3v) is 2.75. The molecule has 0 atom stereocenters. The number of nitrogens with zero attached hydrogens (tertiary/aromatic N) is 1. The van der Waals surface area contributed by atoms with Crippen LogP contribution in [0.2, 0.25) is 0 Å². The summed E-state index contributed by atoms with van der Waals surface area (Å²) < 4.78 is 0. The highest BCUT2D eigenvalue weighted by molar-refractivity contribution is 5.63. The van der Waals surface area contributed by atoms with E-state index in [2.05, 4.69) is 6.92 Å². The molecule has 3 N–H and O–H groups in total. The van der Waals surface area contributed by atoms with E-state index >= 15 is 0 Å². The molecule has 16 heavy (non-hydrogen) atoms. The Labute approximate surface area is 98.8 Å². The predicted molar refractivity (Wildman–Crippen MR) is 66.1 cm³/mol. The van der Waals surface area contributed by atoms with Crippen LogP contribution in [0.15, 0.2) is 0 Å². The molecule has 0 rings (SSSR count). The first-order valence-electron chi connectivity index (χ1n) is 6.43. The summed E-state index contributed by atoms with van der Waals surface area (Å²) in [5, 5.41) is 9.37. The molecule has 0 aromatic rings. The highest BCUT2D eigenvalue weighted by Crippen LogP contribution is 2.09. The van der Waals surface area contributed by atoms with Gasteiger partial charge in [-0.1, -0.05) is 58.3 Å². The van der Waals surface area contributed by atoms with E-state index in [9.17, 15) is 4.79 Å². The highest BCUT2D eigenvalue weighted by atomic mass is 16.4. The molecule has 0 unspecified atom stereocenters. The molecule has 0 aliphatic heterocycles. The van der Waals surface area contributed by atoms with Crippen LogP contribution in [0.4, 0.5) is 4.79 Å². The number of nitrogens with two attached hydrogens (primary N) is 1. The Morgan fingerprint density at radius 3 is 1.88 bits per heavy atom. The maximum atomic E-state index is 10.4. The number of amides is 1. The summed E-state index contributed by atoms with van der Waals surface area (Å²) in [6, 6.07) is 0.